The average Bonchev–Trinajstić information content (AvgIpc) is 2.87. The molecule has 2 fully saturated rings. The third-order valence-corrected chi connectivity index (χ3v) is 3.99. The standard InChI is InChI=1S/C12H20N2O3/c1-14-7-4-9(8-14)10(15)13-12(11(16)17)5-2-3-6-12/h9H,2-8H2,1H3,(H,13,15)(H,16,17). The van der Waals surface area contributed by atoms with Gasteiger partial charge in [-0.3, -0.25) is 4.79 Å². The molecular weight excluding hydrogens is 220 g/mol. The summed E-state index contributed by atoms with van der Waals surface area (Å²) in [7, 11) is 1.98. The number of nitrogens with zero attached hydrogens (tertiary/aromatic N) is 1. The largest absolute Gasteiger partial charge is 0.480 e. The molecule has 1 heterocycles. The molecule has 5 nitrogen and oxygen atoms in total. The minimum Gasteiger partial charge on any atom is -0.480 e. The molecule has 1 saturated heterocycles. The van der Waals surface area contributed by atoms with Crippen molar-refractivity contribution in [2.24, 2.45) is 5.92 Å². The number of nitrogens with one attached hydrogen (secondary N) is 1. The van der Waals surface area contributed by atoms with Crippen LogP contribution >= 0.6 is 0 Å². The molecule has 1 saturated carbocycles. The first kappa shape index (κ1) is 12.4. The number of rotatable bonds is 3. The van der Waals surface area contributed by atoms with E-state index >= 15 is 0 Å². The Morgan fingerprint density at radius 2 is 2.00 bits per heavy atom. The van der Waals surface area contributed by atoms with Crippen molar-refractivity contribution >= 4 is 11.9 Å². The van der Waals surface area contributed by atoms with Crippen LogP contribution < -0.4 is 5.32 Å². The van der Waals surface area contributed by atoms with Crippen molar-refractivity contribution < 1.29 is 14.7 Å². The number of amides is 1. The topological polar surface area (TPSA) is 69.6 Å². The minimum atomic E-state index is -0.988. The van der Waals surface area contributed by atoms with E-state index < -0.39 is 11.5 Å². The van der Waals surface area contributed by atoms with Gasteiger partial charge in [-0.05, 0) is 32.9 Å². The number of likely N-dealkylation sites (tertiary alicyclic amines) is 1. The number of carboxylic acid groups (broad SMARTS) is 1. The maximum Gasteiger partial charge on any atom is 0.329 e. The van der Waals surface area contributed by atoms with E-state index in [9.17, 15) is 14.7 Å². The lowest BCUT2D eigenvalue weighted by Crippen LogP contribution is -2.54. The fourth-order valence-electron chi connectivity index (χ4n) is 2.86. The highest BCUT2D eigenvalue weighted by atomic mass is 16.4. The van der Waals surface area contributed by atoms with Crippen LogP contribution in [0, 0.1) is 5.92 Å². The van der Waals surface area contributed by atoms with Crippen LogP contribution in [0.2, 0.25) is 0 Å². The molecule has 1 unspecified atom stereocenters. The Balaban J connectivity index is 1.99. The van der Waals surface area contributed by atoms with E-state index in [-0.39, 0.29) is 11.8 Å². The molecular formula is C12H20N2O3. The summed E-state index contributed by atoms with van der Waals surface area (Å²) in [4.78, 5) is 25.5. The van der Waals surface area contributed by atoms with E-state index in [0.717, 1.165) is 32.4 Å². The van der Waals surface area contributed by atoms with Crippen molar-refractivity contribution in [3.05, 3.63) is 0 Å². The molecule has 2 aliphatic rings. The molecule has 5 heteroatoms. The van der Waals surface area contributed by atoms with Gasteiger partial charge in [0.05, 0.1) is 5.92 Å². The van der Waals surface area contributed by atoms with Crippen LogP contribution in [-0.4, -0.2) is 47.6 Å². The monoisotopic (exact) mass is 240 g/mol. The van der Waals surface area contributed by atoms with E-state index in [4.69, 9.17) is 0 Å². The number of carboxylic acids is 1. The van der Waals surface area contributed by atoms with Crippen molar-refractivity contribution in [1.82, 2.24) is 10.2 Å². The molecule has 1 atom stereocenters. The van der Waals surface area contributed by atoms with Crippen molar-refractivity contribution in [3.8, 4) is 0 Å². The van der Waals surface area contributed by atoms with Crippen LogP contribution in [0.15, 0.2) is 0 Å². The summed E-state index contributed by atoms with van der Waals surface area (Å²) < 4.78 is 0. The van der Waals surface area contributed by atoms with Crippen molar-refractivity contribution in [1.29, 1.82) is 0 Å². The third-order valence-electron chi connectivity index (χ3n) is 3.99. The number of hydrogen-bond acceptors (Lipinski definition) is 3. The second-order valence-electron chi connectivity index (χ2n) is 5.33. The van der Waals surface area contributed by atoms with Gasteiger partial charge in [0.2, 0.25) is 5.91 Å². The lowest BCUT2D eigenvalue weighted by molar-refractivity contribution is -0.148. The van der Waals surface area contributed by atoms with Crippen molar-refractivity contribution in [2.45, 2.75) is 37.6 Å². The van der Waals surface area contributed by atoms with Gasteiger partial charge >= 0.3 is 5.97 Å². The zero-order valence-electron chi connectivity index (χ0n) is 10.2. The van der Waals surface area contributed by atoms with E-state index in [0.29, 0.717) is 12.8 Å². The highest BCUT2D eigenvalue weighted by Crippen LogP contribution is 2.30. The molecule has 17 heavy (non-hydrogen) atoms. The molecule has 1 aliphatic carbocycles. The Kier molecular flexibility index (Phi) is 3.38. The van der Waals surface area contributed by atoms with Crippen LogP contribution in [0.4, 0.5) is 0 Å². The molecule has 2 N–H and O–H groups in total. The number of aliphatic carboxylic acids is 1. The molecule has 2 rings (SSSR count). The van der Waals surface area contributed by atoms with E-state index in [1.54, 1.807) is 0 Å². The predicted octanol–water partition coefficient (Wildman–Crippen LogP) is 0.452. The van der Waals surface area contributed by atoms with Gasteiger partial charge in [0.25, 0.3) is 0 Å². The first-order valence-electron chi connectivity index (χ1n) is 6.27. The van der Waals surface area contributed by atoms with Gasteiger partial charge in [-0.2, -0.15) is 0 Å². The van der Waals surface area contributed by atoms with Gasteiger partial charge < -0.3 is 15.3 Å². The highest BCUT2D eigenvalue weighted by molar-refractivity contribution is 5.88. The smallest absolute Gasteiger partial charge is 0.329 e. The van der Waals surface area contributed by atoms with Crippen LogP contribution in [0.25, 0.3) is 0 Å². The zero-order valence-corrected chi connectivity index (χ0v) is 10.2. The quantitative estimate of drug-likeness (QED) is 0.751. The minimum absolute atomic E-state index is 0.0446. The number of hydrogen-bond donors (Lipinski definition) is 2. The number of carbonyl (C=O) groups is 2. The lowest BCUT2D eigenvalue weighted by Gasteiger charge is -2.26. The Morgan fingerprint density at radius 3 is 2.47 bits per heavy atom. The van der Waals surface area contributed by atoms with E-state index in [2.05, 4.69) is 10.2 Å². The Hall–Kier alpha value is -1.10. The second-order valence-corrected chi connectivity index (χ2v) is 5.33. The summed E-state index contributed by atoms with van der Waals surface area (Å²) in [6.07, 6.45) is 3.74. The molecule has 0 aromatic rings. The SMILES string of the molecule is CN1CCC(C(=O)NC2(C(=O)O)CCCC2)C1. The summed E-state index contributed by atoms with van der Waals surface area (Å²) in [5.74, 6) is -1.01. The van der Waals surface area contributed by atoms with E-state index in [1.165, 1.54) is 0 Å². The van der Waals surface area contributed by atoms with Crippen LogP contribution in [0.3, 0.4) is 0 Å². The molecule has 1 amide bonds. The van der Waals surface area contributed by atoms with Crippen LogP contribution in [-0.2, 0) is 9.59 Å². The Labute approximate surface area is 101 Å². The molecule has 0 aromatic carbocycles. The summed E-state index contributed by atoms with van der Waals surface area (Å²) >= 11 is 0. The van der Waals surface area contributed by atoms with Gasteiger partial charge in [-0.25, -0.2) is 4.79 Å². The van der Waals surface area contributed by atoms with E-state index in [1.807, 2.05) is 7.05 Å². The van der Waals surface area contributed by atoms with Gasteiger partial charge in [0, 0.05) is 6.54 Å². The predicted molar refractivity (Wildman–Crippen MR) is 62.6 cm³/mol. The molecule has 0 bridgehead atoms. The first-order chi connectivity index (χ1) is 8.03. The molecule has 0 radical (unpaired) electrons. The normalized spacial score (nSPS) is 28.2. The van der Waals surface area contributed by atoms with Gasteiger partial charge in [-0.15, -0.1) is 0 Å². The van der Waals surface area contributed by atoms with Gasteiger partial charge in [0.1, 0.15) is 5.54 Å². The number of carbonyl (C=O) groups excluding carboxylic acids is 1. The molecule has 1 aliphatic heterocycles. The van der Waals surface area contributed by atoms with Crippen LogP contribution in [0.5, 0.6) is 0 Å². The molecule has 0 spiro atoms. The summed E-state index contributed by atoms with van der Waals surface area (Å²) in [6, 6.07) is 0. The Bertz CT molecular complexity index is 324. The summed E-state index contributed by atoms with van der Waals surface area (Å²) in [6.45, 7) is 1.65. The molecule has 96 valence electrons. The first-order valence-corrected chi connectivity index (χ1v) is 6.27. The van der Waals surface area contributed by atoms with Gasteiger partial charge in [-0.1, -0.05) is 12.8 Å². The fraction of sp³-hybridized carbons (Fsp3) is 0.833. The lowest BCUT2D eigenvalue weighted by atomic mass is 9.96. The zero-order chi connectivity index (χ0) is 12.5. The molecule has 0 aromatic heterocycles. The summed E-state index contributed by atoms with van der Waals surface area (Å²) in [5.41, 5.74) is -0.988. The summed E-state index contributed by atoms with van der Waals surface area (Å²) in [5, 5.41) is 12.1. The fourth-order valence-corrected chi connectivity index (χ4v) is 2.86. The maximum absolute atomic E-state index is 12.1. The van der Waals surface area contributed by atoms with Gasteiger partial charge in [0.15, 0.2) is 0 Å². The highest BCUT2D eigenvalue weighted by Gasteiger charge is 2.44. The maximum atomic E-state index is 12.1. The van der Waals surface area contributed by atoms with Crippen LogP contribution in [0.1, 0.15) is 32.1 Å². The Morgan fingerprint density at radius 1 is 1.35 bits per heavy atom. The third kappa shape index (κ3) is 2.44. The van der Waals surface area contributed by atoms with Crippen molar-refractivity contribution in [2.75, 3.05) is 20.1 Å². The second kappa shape index (κ2) is 4.64. The van der Waals surface area contributed by atoms with Crippen molar-refractivity contribution in [3.63, 3.8) is 0 Å². The average molecular weight is 240 g/mol.